The molecule has 0 aliphatic carbocycles. The highest BCUT2D eigenvalue weighted by atomic mass is 32.2. The molecule has 1 heterocycles. The zero-order valence-electron chi connectivity index (χ0n) is 9.94. The maximum atomic E-state index is 12.4. The summed E-state index contributed by atoms with van der Waals surface area (Å²) in [7, 11) is 0. The summed E-state index contributed by atoms with van der Waals surface area (Å²) in [5.74, 6) is -3.21. The molecule has 1 aromatic rings. The molecule has 0 bridgehead atoms. The molecule has 0 radical (unpaired) electrons. The summed E-state index contributed by atoms with van der Waals surface area (Å²) < 4.78 is 24.9. The van der Waals surface area contributed by atoms with Gasteiger partial charge in [-0.2, -0.15) is 8.78 Å². The Labute approximate surface area is 113 Å². The Morgan fingerprint density at radius 2 is 2.11 bits per heavy atom. The van der Waals surface area contributed by atoms with E-state index in [1.807, 2.05) is 0 Å². The van der Waals surface area contributed by atoms with Crippen molar-refractivity contribution in [2.75, 3.05) is 19.6 Å². The first kappa shape index (κ1) is 13.8. The highest BCUT2D eigenvalue weighted by Gasteiger charge is 2.24. The normalized spacial score (nSPS) is 15.5. The number of carbonyl (C=O) groups is 2. The number of nitrogens with one attached hydrogen (secondary N) is 1. The molecule has 102 valence electrons. The average molecular weight is 286 g/mol. The van der Waals surface area contributed by atoms with Gasteiger partial charge < -0.3 is 10.2 Å². The van der Waals surface area contributed by atoms with Gasteiger partial charge in [0, 0.05) is 18.0 Å². The molecule has 2 rings (SSSR count). The first-order valence-corrected chi connectivity index (χ1v) is 6.55. The molecule has 1 aliphatic heterocycles. The van der Waals surface area contributed by atoms with Crippen LogP contribution in [0.3, 0.4) is 0 Å². The van der Waals surface area contributed by atoms with Gasteiger partial charge in [0.05, 0.1) is 12.1 Å². The molecule has 0 atom stereocenters. The number of carbonyl (C=O) groups excluding carboxylic acids is 2. The van der Waals surface area contributed by atoms with Crippen LogP contribution in [0, 0.1) is 0 Å². The number of hydrogen-bond donors (Lipinski definition) is 1. The van der Waals surface area contributed by atoms with Crippen molar-refractivity contribution < 1.29 is 18.4 Å². The number of alkyl halides is 2. The average Bonchev–Trinajstić information content (AvgIpc) is 2.38. The predicted molar refractivity (Wildman–Crippen MR) is 67.2 cm³/mol. The number of halogens is 2. The summed E-state index contributed by atoms with van der Waals surface area (Å²) in [5.41, 5.74) is 0.211. The van der Waals surface area contributed by atoms with Crippen molar-refractivity contribution in [3.63, 3.8) is 0 Å². The van der Waals surface area contributed by atoms with Crippen molar-refractivity contribution >= 4 is 23.6 Å². The summed E-state index contributed by atoms with van der Waals surface area (Å²) in [5, 5.41) is 2.61. The van der Waals surface area contributed by atoms with Gasteiger partial charge in [0.2, 0.25) is 5.91 Å². The molecular formula is C12H12F2N2O2S. The lowest BCUT2D eigenvalue weighted by Gasteiger charge is -2.27. The number of amides is 2. The van der Waals surface area contributed by atoms with Gasteiger partial charge in [-0.15, -0.1) is 0 Å². The monoisotopic (exact) mass is 286 g/mol. The summed E-state index contributed by atoms with van der Waals surface area (Å²) in [6, 6.07) is 6.20. The fourth-order valence-corrected chi connectivity index (χ4v) is 2.46. The minimum Gasteiger partial charge on any atom is -0.353 e. The zero-order chi connectivity index (χ0) is 13.8. The van der Waals surface area contributed by atoms with Crippen LogP contribution in [-0.2, 0) is 4.79 Å². The third kappa shape index (κ3) is 3.44. The second-order valence-electron chi connectivity index (χ2n) is 3.95. The Bertz CT molecular complexity index is 496. The molecule has 7 heteroatoms. The van der Waals surface area contributed by atoms with E-state index in [0.29, 0.717) is 24.9 Å². The van der Waals surface area contributed by atoms with E-state index in [2.05, 4.69) is 5.32 Å². The maximum Gasteiger partial charge on any atom is 0.288 e. The van der Waals surface area contributed by atoms with Crippen molar-refractivity contribution in [2.24, 2.45) is 0 Å². The maximum absolute atomic E-state index is 12.4. The van der Waals surface area contributed by atoms with Crippen LogP contribution in [0.4, 0.5) is 8.78 Å². The molecule has 0 saturated carbocycles. The second-order valence-corrected chi connectivity index (χ2v) is 4.98. The molecule has 0 unspecified atom stereocenters. The second kappa shape index (κ2) is 6.01. The highest BCUT2D eigenvalue weighted by molar-refractivity contribution is 7.99. The van der Waals surface area contributed by atoms with Crippen molar-refractivity contribution in [1.82, 2.24) is 10.2 Å². The Morgan fingerprint density at radius 1 is 1.37 bits per heavy atom. The fourth-order valence-electron chi connectivity index (χ4n) is 1.82. The third-order valence-electron chi connectivity index (χ3n) is 2.66. The van der Waals surface area contributed by atoms with Crippen molar-refractivity contribution in [2.45, 2.75) is 10.7 Å². The molecular weight excluding hydrogens is 274 g/mol. The zero-order valence-corrected chi connectivity index (χ0v) is 10.8. The van der Waals surface area contributed by atoms with E-state index in [4.69, 9.17) is 0 Å². The molecule has 1 N–H and O–H groups in total. The third-order valence-corrected chi connectivity index (χ3v) is 3.45. The number of rotatable bonds is 3. The van der Waals surface area contributed by atoms with Gasteiger partial charge in [-0.25, -0.2) is 0 Å². The van der Waals surface area contributed by atoms with Crippen LogP contribution in [-0.4, -0.2) is 42.1 Å². The van der Waals surface area contributed by atoms with Gasteiger partial charge in [-0.1, -0.05) is 23.9 Å². The highest BCUT2D eigenvalue weighted by Crippen LogP contribution is 2.29. The summed E-state index contributed by atoms with van der Waals surface area (Å²) in [4.78, 5) is 25.1. The number of hydrogen-bond acceptors (Lipinski definition) is 3. The molecule has 0 aromatic heterocycles. The molecule has 2 amide bonds. The van der Waals surface area contributed by atoms with Crippen LogP contribution in [0.15, 0.2) is 29.2 Å². The molecule has 1 aromatic carbocycles. The Balaban J connectivity index is 2.20. The number of thioether (sulfide) groups is 1. The van der Waals surface area contributed by atoms with Gasteiger partial charge >= 0.3 is 0 Å². The lowest BCUT2D eigenvalue weighted by Crippen LogP contribution is -2.50. The van der Waals surface area contributed by atoms with Crippen LogP contribution in [0.5, 0.6) is 0 Å². The first-order chi connectivity index (χ1) is 9.08. The summed E-state index contributed by atoms with van der Waals surface area (Å²) in [6.45, 7) is 0.736. The van der Waals surface area contributed by atoms with Crippen molar-refractivity contribution in [1.29, 1.82) is 0 Å². The van der Waals surface area contributed by atoms with E-state index >= 15 is 0 Å². The van der Waals surface area contributed by atoms with Crippen molar-refractivity contribution in [3.05, 3.63) is 29.8 Å². The van der Waals surface area contributed by atoms with E-state index in [9.17, 15) is 18.4 Å². The minimum absolute atomic E-state index is 0.0352. The predicted octanol–water partition coefficient (Wildman–Crippen LogP) is 1.57. The SMILES string of the molecule is O=C1CN(C(=O)c2ccccc2SC(F)F)CCN1. The molecule has 1 aliphatic rings. The summed E-state index contributed by atoms with van der Waals surface area (Å²) >= 11 is 0.337. The van der Waals surface area contributed by atoms with Crippen molar-refractivity contribution in [3.8, 4) is 0 Å². The van der Waals surface area contributed by atoms with E-state index in [1.165, 1.54) is 17.0 Å². The Kier molecular flexibility index (Phi) is 4.36. The smallest absolute Gasteiger partial charge is 0.288 e. The van der Waals surface area contributed by atoms with Gasteiger partial charge in [0.1, 0.15) is 0 Å². The number of benzene rings is 1. The minimum atomic E-state index is -2.58. The lowest BCUT2D eigenvalue weighted by atomic mass is 10.2. The van der Waals surface area contributed by atoms with E-state index in [0.717, 1.165) is 0 Å². The van der Waals surface area contributed by atoms with Crippen LogP contribution in [0.25, 0.3) is 0 Å². The van der Waals surface area contributed by atoms with Gasteiger partial charge in [-0.05, 0) is 12.1 Å². The standard InChI is InChI=1S/C12H12F2N2O2S/c13-12(14)19-9-4-2-1-3-8(9)11(18)16-6-5-15-10(17)7-16/h1-4,12H,5-7H2,(H,15,17). The number of piperazine rings is 1. The largest absolute Gasteiger partial charge is 0.353 e. The Hall–Kier alpha value is -1.63. The quantitative estimate of drug-likeness (QED) is 0.858. The molecule has 1 fully saturated rings. The van der Waals surface area contributed by atoms with Gasteiger partial charge in [-0.3, -0.25) is 9.59 Å². The number of nitrogens with zero attached hydrogens (tertiary/aromatic N) is 1. The topological polar surface area (TPSA) is 49.4 Å². The Morgan fingerprint density at radius 3 is 2.79 bits per heavy atom. The van der Waals surface area contributed by atoms with E-state index in [1.54, 1.807) is 12.1 Å². The summed E-state index contributed by atoms with van der Waals surface area (Å²) in [6.07, 6.45) is 0. The lowest BCUT2D eigenvalue weighted by molar-refractivity contribution is -0.123. The van der Waals surface area contributed by atoms with E-state index < -0.39 is 11.7 Å². The van der Waals surface area contributed by atoms with E-state index in [-0.39, 0.29) is 22.9 Å². The van der Waals surface area contributed by atoms with Crippen LogP contribution in [0.2, 0.25) is 0 Å². The molecule has 0 spiro atoms. The molecule has 4 nitrogen and oxygen atoms in total. The van der Waals surface area contributed by atoms with Gasteiger partial charge in [0.25, 0.3) is 11.7 Å². The fraction of sp³-hybridized carbons (Fsp3) is 0.333. The van der Waals surface area contributed by atoms with Crippen LogP contribution >= 0.6 is 11.8 Å². The first-order valence-electron chi connectivity index (χ1n) is 5.68. The van der Waals surface area contributed by atoms with Crippen LogP contribution < -0.4 is 5.32 Å². The van der Waals surface area contributed by atoms with Crippen LogP contribution in [0.1, 0.15) is 10.4 Å². The molecule has 1 saturated heterocycles. The van der Waals surface area contributed by atoms with Gasteiger partial charge in [0.15, 0.2) is 0 Å². The molecule has 19 heavy (non-hydrogen) atoms.